The summed E-state index contributed by atoms with van der Waals surface area (Å²) in [4.78, 5) is 0. The van der Waals surface area contributed by atoms with Crippen LogP contribution in [0.3, 0.4) is 0 Å². The lowest BCUT2D eigenvalue weighted by atomic mass is 10.1. The minimum absolute atomic E-state index is 0.0337. The SMILES string of the molecule is CC(CC(F)(F)F)NC(C)c1ccsc1. The summed E-state index contributed by atoms with van der Waals surface area (Å²) in [6, 6.07) is 1.33. The van der Waals surface area contributed by atoms with Gasteiger partial charge in [0.2, 0.25) is 0 Å². The molecule has 1 nitrogen and oxygen atoms in total. The van der Waals surface area contributed by atoms with Crippen molar-refractivity contribution in [2.24, 2.45) is 0 Å². The Balaban J connectivity index is 2.42. The fourth-order valence-corrected chi connectivity index (χ4v) is 2.20. The molecule has 1 heterocycles. The molecule has 1 aromatic rings. The van der Waals surface area contributed by atoms with Gasteiger partial charge < -0.3 is 5.32 Å². The average Bonchev–Trinajstić information content (AvgIpc) is 2.50. The second-order valence-electron chi connectivity index (χ2n) is 3.67. The lowest BCUT2D eigenvalue weighted by molar-refractivity contribution is -0.139. The Bertz CT molecular complexity index is 281. The van der Waals surface area contributed by atoms with E-state index in [-0.39, 0.29) is 6.04 Å². The molecule has 15 heavy (non-hydrogen) atoms. The number of nitrogens with one attached hydrogen (secondary N) is 1. The van der Waals surface area contributed by atoms with Crippen molar-refractivity contribution in [3.8, 4) is 0 Å². The van der Waals surface area contributed by atoms with Crippen molar-refractivity contribution in [1.29, 1.82) is 0 Å². The molecular weight excluding hydrogens is 223 g/mol. The standard InChI is InChI=1S/C10H14F3NS/c1-7(5-10(11,12)13)14-8(2)9-3-4-15-6-9/h3-4,6-8,14H,5H2,1-2H3. The van der Waals surface area contributed by atoms with Crippen molar-refractivity contribution < 1.29 is 13.2 Å². The van der Waals surface area contributed by atoms with Gasteiger partial charge in [-0.1, -0.05) is 0 Å². The van der Waals surface area contributed by atoms with Crippen molar-refractivity contribution in [2.75, 3.05) is 0 Å². The summed E-state index contributed by atoms with van der Waals surface area (Å²) in [5, 5.41) is 6.79. The highest BCUT2D eigenvalue weighted by Crippen LogP contribution is 2.23. The van der Waals surface area contributed by atoms with Crippen LogP contribution in [0.1, 0.15) is 31.9 Å². The maximum atomic E-state index is 12.1. The molecule has 2 unspecified atom stereocenters. The molecule has 0 bridgehead atoms. The van der Waals surface area contributed by atoms with Gasteiger partial charge in [0.25, 0.3) is 0 Å². The zero-order valence-corrected chi connectivity index (χ0v) is 9.45. The molecule has 2 atom stereocenters. The van der Waals surface area contributed by atoms with Crippen LogP contribution in [-0.4, -0.2) is 12.2 Å². The Morgan fingerprint density at radius 3 is 2.53 bits per heavy atom. The second kappa shape index (κ2) is 4.99. The van der Waals surface area contributed by atoms with E-state index in [1.54, 1.807) is 18.3 Å². The molecule has 1 aromatic heterocycles. The lowest BCUT2D eigenvalue weighted by Gasteiger charge is -2.20. The van der Waals surface area contributed by atoms with Gasteiger partial charge in [0.15, 0.2) is 0 Å². The molecule has 1 rings (SSSR count). The summed E-state index contributed by atoms with van der Waals surface area (Å²) < 4.78 is 36.2. The largest absolute Gasteiger partial charge is 0.390 e. The molecule has 0 aliphatic rings. The minimum Gasteiger partial charge on any atom is -0.307 e. The number of rotatable bonds is 4. The van der Waals surface area contributed by atoms with Crippen LogP contribution in [0.15, 0.2) is 16.8 Å². The summed E-state index contributed by atoms with van der Waals surface area (Å²) in [5.41, 5.74) is 1.04. The predicted octanol–water partition coefficient (Wildman–Crippen LogP) is 3.74. The van der Waals surface area contributed by atoms with Crippen LogP contribution in [0.5, 0.6) is 0 Å². The molecule has 0 spiro atoms. The Kier molecular flexibility index (Phi) is 4.16. The molecule has 0 saturated carbocycles. The first-order valence-electron chi connectivity index (χ1n) is 4.73. The minimum atomic E-state index is -4.10. The first-order chi connectivity index (χ1) is 6.88. The highest BCUT2D eigenvalue weighted by molar-refractivity contribution is 7.07. The Hall–Kier alpha value is -0.550. The number of halogens is 3. The van der Waals surface area contributed by atoms with Crippen LogP contribution < -0.4 is 5.32 Å². The molecule has 1 N–H and O–H groups in total. The summed E-state index contributed by atoms with van der Waals surface area (Å²) in [6.07, 6.45) is -4.89. The molecular formula is C10H14F3NS. The summed E-state index contributed by atoms with van der Waals surface area (Å²) in [6.45, 7) is 3.42. The molecule has 0 aliphatic heterocycles. The summed E-state index contributed by atoms with van der Waals surface area (Å²) >= 11 is 1.55. The molecule has 0 aromatic carbocycles. The van der Waals surface area contributed by atoms with Gasteiger partial charge in [0.05, 0.1) is 6.42 Å². The maximum Gasteiger partial charge on any atom is 0.390 e. The number of hydrogen-bond acceptors (Lipinski definition) is 2. The molecule has 5 heteroatoms. The normalized spacial score (nSPS) is 16.3. The molecule has 0 radical (unpaired) electrons. The van der Waals surface area contributed by atoms with E-state index in [4.69, 9.17) is 0 Å². The molecule has 86 valence electrons. The fourth-order valence-electron chi connectivity index (χ4n) is 1.45. The van der Waals surface area contributed by atoms with Gasteiger partial charge in [-0.25, -0.2) is 0 Å². The van der Waals surface area contributed by atoms with E-state index < -0.39 is 18.6 Å². The van der Waals surface area contributed by atoms with Crippen molar-refractivity contribution in [3.05, 3.63) is 22.4 Å². The van der Waals surface area contributed by atoms with Crippen molar-refractivity contribution >= 4 is 11.3 Å². The first kappa shape index (κ1) is 12.5. The van der Waals surface area contributed by atoms with Gasteiger partial charge in [0, 0.05) is 12.1 Å². The van der Waals surface area contributed by atoms with E-state index >= 15 is 0 Å². The third-order valence-corrected chi connectivity index (χ3v) is 2.82. The molecule has 0 saturated heterocycles. The lowest BCUT2D eigenvalue weighted by Crippen LogP contribution is -2.32. The van der Waals surface area contributed by atoms with Crippen LogP contribution >= 0.6 is 11.3 Å². The highest BCUT2D eigenvalue weighted by Gasteiger charge is 2.30. The van der Waals surface area contributed by atoms with Gasteiger partial charge in [-0.3, -0.25) is 0 Å². The van der Waals surface area contributed by atoms with Crippen LogP contribution in [0.2, 0.25) is 0 Å². The Morgan fingerprint density at radius 1 is 1.40 bits per heavy atom. The first-order valence-corrected chi connectivity index (χ1v) is 5.67. The van der Waals surface area contributed by atoms with Crippen LogP contribution in [0, 0.1) is 0 Å². The van der Waals surface area contributed by atoms with E-state index in [1.807, 2.05) is 23.8 Å². The van der Waals surface area contributed by atoms with Crippen molar-refractivity contribution in [2.45, 2.75) is 38.5 Å². The van der Waals surface area contributed by atoms with Crippen molar-refractivity contribution in [3.63, 3.8) is 0 Å². The van der Waals surface area contributed by atoms with E-state index in [0.717, 1.165) is 5.56 Å². The zero-order chi connectivity index (χ0) is 11.5. The van der Waals surface area contributed by atoms with Crippen LogP contribution in [0.4, 0.5) is 13.2 Å². The third kappa shape index (κ3) is 4.66. The Labute approximate surface area is 91.3 Å². The maximum absolute atomic E-state index is 12.1. The quantitative estimate of drug-likeness (QED) is 0.841. The number of thiophene rings is 1. The smallest absolute Gasteiger partial charge is 0.307 e. The zero-order valence-electron chi connectivity index (χ0n) is 8.64. The van der Waals surface area contributed by atoms with Crippen LogP contribution in [-0.2, 0) is 0 Å². The molecule has 0 fully saturated rings. The number of alkyl halides is 3. The average molecular weight is 237 g/mol. The monoisotopic (exact) mass is 237 g/mol. The summed E-state index contributed by atoms with van der Waals surface area (Å²) in [7, 11) is 0. The van der Waals surface area contributed by atoms with Gasteiger partial charge in [-0.05, 0) is 36.2 Å². The van der Waals surface area contributed by atoms with Crippen LogP contribution in [0.25, 0.3) is 0 Å². The van der Waals surface area contributed by atoms with E-state index in [1.165, 1.54) is 0 Å². The van der Waals surface area contributed by atoms with Crippen molar-refractivity contribution in [1.82, 2.24) is 5.32 Å². The predicted molar refractivity (Wildman–Crippen MR) is 56.0 cm³/mol. The highest BCUT2D eigenvalue weighted by atomic mass is 32.1. The summed E-state index contributed by atoms with van der Waals surface area (Å²) in [5.74, 6) is 0. The second-order valence-corrected chi connectivity index (χ2v) is 4.45. The fraction of sp³-hybridized carbons (Fsp3) is 0.600. The number of hydrogen-bond donors (Lipinski definition) is 1. The van der Waals surface area contributed by atoms with Gasteiger partial charge >= 0.3 is 6.18 Å². The van der Waals surface area contributed by atoms with E-state index in [0.29, 0.717) is 0 Å². The molecule has 0 aliphatic carbocycles. The van der Waals surface area contributed by atoms with E-state index in [9.17, 15) is 13.2 Å². The third-order valence-electron chi connectivity index (χ3n) is 2.12. The van der Waals surface area contributed by atoms with Gasteiger partial charge in [0.1, 0.15) is 0 Å². The topological polar surface area (TPSA) is 12.0 Å². The van der Waals surface area contributed by atoms with Gasteiger partial charge in [-0.15, -0.1) is 0 Å². The van der Waals surface area contributed by atoms with E-state index in [2.05, 4.69) is 5.32 Å². The molecule has 0 amide bonds. The van der Waals surface area contributed by atoms with Gasteiger partial charge in [-0.2, -0.15) is 24.5 Å². The Morgan fingerprint density at radius 2 is 2.07 bits per heavy atom.